The molecule has 0 saturated heterocycles. The van der Waals surface area contributed by atoms with Crippen molar-refractivity contribution in [3.63, 3.8) is 0 Å². The van der Waals surface area contributed by atoms with E-state index in [1.54, 1.807) is 48.5 Å². The van der Waals surface area contributed by atoms with Crippen LogP contribution in [0.2, 0.25) is 0 Å². The van der Waals surface area contributed by atoms with Crippen LogP contribution in [0.1, 0.15) is 48.6 Å². The Balaban J connectivity index is 0.000000258. The number of pyridine rings is 4. The number of hydrogen-bond donors (Lipinski definition) is 0. The molecule has 5 aromatic heterocycles. The molecule has 8 rings (SSSR count). The third-order valence-corrected chi connectivity index (χ3v) is 7.33. The predicted molar refractivity (Wildman–Crippen MR) is 187 cm³/mol. The summed E-state index contributed by atoms with van der Waals surface area (Å²) in [6.45, 7) is -11.6. The van der Waals surface area contributed by atoms with E-state index < -0.39 is 34.3 Å². The fourth-order valence-corrected chi connectivity index (χ4v) is 5.19. The molecule has 0 amide bonds. The van der Waals surface area contributed by atoms with Crippen molar-refractivity contribution in [2.24, 2.45) is 0 Å². The second-order valence-electron chi connectivity index (χ2n) is 10.4. The summed E-state index contributed by atoms with van der Waals surface area (Å²) in [6.07, 6.45) is 2.84. The van der Waals surface area contributed by atoms with Crippen LogP contribution in [0.5, 0.6) is 0 Å². The van der Waals surface area contributed by atoms with Crippen LogP contribution in [-0.4, -0.2) is 19.9 Å². The molecule has 0 atom stereocenters. The molecule has 0 aliphatic carbocycles. The van der Waals surface area contributed by atoms with Gasteiger partial charge in [-0.15, -0.1) is 53.6 Å². The minimum Gasteiger partial charge on any atom is -0.486 e. The normalized spacial score (nSPS) is 17.0. The van der Waals surface area contributed by atoms with Gasteiger partial charge in [0.15, 0.2) is 0 Å². The maximum Gasteiger partial charge on any atom is 0.216 e. The number of aryl methyl sites for hydroxylation is 5. The first kappa shape index (κ1) is 18.3. The van der Waals surface area contributed by atoms with Crippen molar-refractivity contribution in [3.8, 4) is 33.6 Å². The number of fused-ring (bicyclic) bond motifs is 4. The van der Waals surface area contributed by atoms with Crippen molar-refractivity contribution < 1.29 is 45.1 Å². The van der Waals surface area contributed by atoms with Gasteiger partial charge >= 0.3 is 0 Å². The van der Waals surface area contributed by atoms with Crippen LogP contribution >= 0.6 is 0 Å². The van der Waals surface area contributed by atoms with Gasteiger partial charge in [-0.1, -0.05) is 48.1 Å². The maximum atomic E-state index is 8.17. The summed E-state index contributed by atoms with van der Waals surface area (Å²) in [5, 5.41) is 1.81. The van der Waals surface area contributed by atoms with E-state index in [9.17, 15) is 0 Å². The number of nitrogens with zero attached hydrogens (tertiary/aromatic N) is 4. The fraction of sp³-hybridized carbons (Fsp3) is 0.122. The first-order valence-corrected chi connectivity index (χ1v) is 14.0. The van der Waals surface area contributed by atoms with Crippen LogP contribution in [-0.2, 0) is 20.1 Å². The van der Waals surface area contributed by atoms with Crippen LogP contribution in [0.25, 0.3) is 66.6 Å². The van der Waals surface area contributed by atoms with Crippen LogP contribution in [0.15, 0.2) is 108 Å². The van der Waals surface area contributed by atoms with Gasteiger partial charge in [-0.25, -0.2) is 4.98 Å². The van der Waals surface area contributed by atoms with Gasteiger partial charge in [0.05, 0.1) is 11.1 Å². The van der Waals surface area contributed by atoms with Gasteiger partial charge in [0.2, 0.25) is 5.71 Å². The number of rotatable bonds is 3. The zero-order valence-corrected chi connectivity index (χ0v) is 26.7. The molecule has 233 valence electrons. The molecule has 1 radical (unpaired) electrons. The van der Waals surface area contributed by atoms with E-state index in [1.807, 2.05) is 0 Å². The monoisotopic (exact) mass is 804 g/mol. The van der Waals surface area contributed by atoms with Gasteiger partial charge in [0, 0.05) is 75.2 Å². The molecule has 0 spiro atoms. The number of benzene rings is 3. The molecule has 0 bridgehead atoms. The number of aromatic nitrogens is 4. The van der Waals surface area contributed by atoms with E-state index in [-0.39, 0.29) is 53.9 Å². The second kappa shape index (κ2) is 13.4. The maximum absolute atomic E-state index is 8.17. The van der Waals surface area contributed by atoms with Crippen LogP contribution < -0.4 is 0 Å². The molecular formula is C41H32IrN4O-2. The molecule has 3 aromatic carbocycles. The Kier molecular flexibility index (Phi) is 5.22. The smallest absolute Gasteiger partial charge is 0.216 e. The van der Waals surface area contributed by atoms with E-state index in [0.717, 1.165) is 0 Å². The zero-order chi connectivity index (χ0) is 44.3. The average Bonchev–Trinajstić information content (AvgIpc) is 3.57. The van der Waals surface area contributed by atoms with E-state index in [0.29, 0.717) is 60.9 Å². The molecule has 0 unspecified atom stereocenters. The van der Waals surface area contributed by atoms with Crippen molar-refractivity contribution in [1.29, 1.82) is 0 Å². The Bertz CT molecular complexity index is 2840. The van der Waals surface area contributed by atoms with Crippen molar-refractivity contribution in [3.05, 3.63) is 144 Å². The van der Waals surface area contributed by atoms with Gasteiger partial charge in [0.25, 0.3) is 0 Å². The summed E-state index contributed by atoms with van der Waals surface area (Å²) in [6, 6.07) is 29.5. The first-order chi connectivity index (χ1) is 28.4. The van der Waals surface area contributed by atoms with Gasteiger partial charge in [-0.3, -0.25) is 4.98 Å². The van der Waals surface area contributed by atoms with E-state index in [1.165, 1.54) is 54.9 Å². The van der Waals surface area contributed by atoms with Gasteiger partial charge in [0.1, 0.15) is 0 Å². The molecule has 0 aliphatic rings. The number of furan rings is 1. The Morgan fingerprint density at radius 3 is 2.30 bits per heavy atom. The van der Waals surface area contributed by atoms with Crippen LogP contribution in [0.4, 0.5) is 0 Å². The third-order valence-electron chi connectivity index (χ3n) is 7.33. The van der Waals surface area contributed by atoms with Crippen molar-refractivity contribution >= 4 is 33.0 Å². The van der Waals surface area contributed by atoms with Gasteiger partial charge in [-0.2, -0.15) is 0 Å². The minimum atomic E-state index is -2.47. The summed E-state index contributed by atoms with van der Waals surface area (Å²) in [4.78, 5) is 17.1. The molecule has 6 heteroatoms. The third kappa shape index (κ3) is 6.48. The minimum absolute atomic E-state index is 0. The largest absolute Gasteiger partial charge is 0.486 e. The molecule has 5 nitrogen and oxygen atoms in total. The van der Waals surface area contributed by atoms with Crippen molar-refractivity contribution in [2.45, 2.75) is 34.3 Å². The summed E-state index contributed by atoms with van der Waals surface area (Å²) < 4.78 is 120. The molecule has 8 aromatic rings. The fourth-order valence-electron chi connectivity index (χ4n) is 5.19. The Hall–Kier alpha value is -5.03. The summed E-state index contributed by atoms with van der Waals surface area (Å²) in [5.74, 6) is 0. The average molecular weight is 804 g/mol. The molecule has 5 heterocycles. The van der Waals surface area contributed by atoms with Gasteiger partial charge in [-0.05, 0) is 91.4 Å². The second-order valence-corrected chi connectivity index (χ2v) is 10.4. The van der Waals surface area contributed by atoms with Crippen molar-refractivity contribution in [2.75, 3.05) is 0 Å². The summed E-state index contributed by atoms with van der Waals surface area (Å²) >= 11 is 0. The standard InChI is InChI=1S/C28H20N3O.C13H12N.Ir/c1-16-7-12-24-22(11-9-17(2)30-24)26(16)19-13-14-29-25(15-19)23-6-4-5-20-21-10-8-18(3)31-28(21)32-27(20)23;1-10-3-6-12(7-4-10)13-8-5-11(2)9-14-13;/h4-5,7-15H,1-3H3;3-6,8-9H,1-2H3;/q2*-1;/i1D3,2D3,3D3;1D3,2D3;. The Labute approximate surface area is 309 Å². The van der Waals surface area contributed by atoms with Gasteiger partial charge < -0.3 is 14.4 Å². The summed E-state index contributed by atoms with van der Waals surface area (Å²) in [5.41, 5.74) is 4.20. The molecule has 0 fully saturated rings. The van der Waals surface area contributed by atoms with E-state index >= 15 is 0 Å². The van der Waals surface area contributed by atoms with E-state index in [4.69, 9.17) is 25.0 Å². The number of hydrogen-bond acceptors (Lipinski definition) is 5. The first-order valence-electron chi connectivity index (χ1n) is 21.5. The van der Waals surface area contributed by atoms with Crippen molar-refractivity contribution in [1.82, 2.24) is 19.9 Å². The Morgan fingerprint density at radius 1 is 0.681 bits per heavy atom. The SMILES string of the molecule is [2H]C([2H])([2H])c1c[c-]c(-c2ccc(C([2H])([2H])[2H])cn2)cc1.[2H]C([2H])([2H])c1ccc2c(-c3ccnc(-c4[c-]ccc5c4oc4nc(C([2H])([2H])[2H])ccc45)c3)c(C([2H])([2H])[2H])ccc2n1.[Ir]. The molecule has 0 saturated carbocycles. The zero-order valence-electron chi connectivity index (χ0n) is 39.3. The topological polar surface area (TPSA) is 64.7 Å². The predicted octanol–water partition coefficient (Wildman–Crippen LogP) is 10.1. The van der Waals surface area contributed by atoms with E-state index in [2.05, 4.69) is 32.1 Å². The molecular weight excluding hydrogens is 757 g/mol. The molecule has 47 heavy (non-hydrogen) atoms. The Morgan fingerprint density at radius 2 is 1.53 bits per heavy atom. The summed E-state index contributed by atoms with van der Waals surface area (Å²) in [7, 11) is 0. The molecule has 0 aliphatic heterocycles. The van der Waals surface area contributed by atoms with Crippen LogP contribution in [0.3, 0.4) is 0 Å². The molecule has 0 N–H and O–H groups in total. The van der Waals surface area contributed by atoms with Crippen LogP contribution in [0, 0.1) is 46.4 Å². The quantitative estimate of drug-likeness (QED) is 0.167.